The lowest BCUT2D eigenvalue weighted by molar-refractivity contribution is 0.0712. The summed E-state index contributed by atoms with van der Waals surface area (Å²) in [6, 6.07) is 7.10. The van der Waals surface area contributed by atoms with E-state index < -0.39 is 9.84 Å². The molecule has 1 atom stereocenters. The molecule has 1 amide bonds. The number of nitrogens with zero attached hydrogens (tertiary/aromatic N) is 1. The van der Waals surface area contributed by atoms with Crippen LogP contribution in [0.25, 0.3) is 0 Å². The maximum Gasteiger partial charge on any atom is 0.254 e. The number of alkyl halides is 1. The van der Waals surface area contributed by atoms with E-state index in [-0.39, 0.29) is 30.0 Å². The Hall–Kier alpha value is -0.880. The first-order valence-electron chi connectivity index (χ1n) is 6.09. The molecule has 1 aliphatic rings. The molecule has 1 saturated heterocycles. The number of carbonyl (C=O) groups is 1. The number of amides is 1. The SMILES string of the molecule is CC1CS(=O)(=O)CCN1C(=O)c1ccc(CBr)cc1. The Bertz CT molecular complexity index is 568. The Morgan fingerprint density at radius 2 is 2.00 bits per heavy atom. The second kappa shape index (κ2) is 5.63. The smallest absolute Gasteiger partial charge is 0.254 e. The molecule has 0 N–H and O–H groups in total. The lowest BCUT2D eigenvalue weighted by atomic mass is 10.1. The molecule has 0 aliphatic carbocycles. The highest BCUT2D eigenvalue weighted by Gasteiger charge is 2.31. The minimum Gasteiger partial charge on any atom is -0.334 e. The highest BCUT2D eigenvalue weighted by atomic mass is 79.9. The third kappa shape index (κ3) is 3.36. The van der Waals surface area contributed by atoms with Crippen LogP contribution in [0.5, 0.6) is 0 Å². The van der Waals surface area contributed by atoms with Crippen LogP contribution in [0, 0.1) is 0 Å². The highest BCUT2D eigenvalue weighted by Crippen LogP contribution is 2.16. The van der Waals surface area contributed by atoms with Crippen LogP contribution in [0.1, 0.15) is 22.8 Å². The maximum absolute atomic E-state index is 12.3. The van der Waals surface area contributed by atoms with Gasteiger partial charge in [0.1, 0.15) is 0 Å². The molecule has 6 heteroatoms. The van der Waals surface area contributed by atoms with Crippen molar-refractivity contribution in [2.24, 2.45) is 0 Å². The fraction of sp³-hybridized carbons (Fsp3) is 0.462. The van der Waals surface area contributed by atoms with Crippen molar-refractivity contribution in [1.29, 1.82) is 0 Å². The monoisotopic (exact) mass is 345 g/mol. The number of benzene rings is 1. The van der Waals surface area contributed by atoms with Crippen LogP contribution in [0.15, 0.2) is 24.3 Å². The average molecular weight is 346 g/mol. The second-order valence-corrected chi connectivity index (χ2v) is 7.58. The highest BCUT2D eigenvalue weighted by molar-refractivity contribution is 9.08. The van der Waals surface area contributed by atoms with Crippen molar-refractivity contribution >= 4 is 31.7 Å². The molecule has 0 spiro atoms. The Kier molecular flexibility index (Phi) is 4.30. The van der Waals surface area contributed by atoms with E-state index in [0.29, 0.717) is 5.56 Å². The molecule has 0 aromatic heterocycles. The molecule has 104 valence electrons. The van der Waals surface area contributed by atoms with Crippen molar-refractivity contribution in [3.05, 3.63) is 35.4 Å². The quantitative estimate of drug-likeness (QED) is 0.768. The van der Waals surface area contributed by atoms with E-state index in [9.17, 15) is 13.2 Å². The molecular weight excluding hydrogens is 330 g/mol. The van der Waals surface area contributed by atoms with E-state index in [1.165, 1.54) is 0 Å². The van der Waals surface area contributed by atoms with Gasteiger partial charge >= 0.3 is 0 Å². The van der Waals surface area contributed by atoms with Gasteiger partial charge in [-0.1, -0.05) is 28.1 Å². The number of halogens is 1. The normalized spacial score (nSPS) is 22.2. The molecule has 1 aromatic carbocycles. The van der Waals surface area contributed by atoms with Gasteiger partial charge in [-0.25, -0.2) is 8.42 Å². The van der Waals surface area contributed by atoms with Gasteiger partial charge in [-0.2, -0.15) is 0 Å². The molecule has 1 unspecified atom stereocenters. The molecule has 0 radical (unpaired) electrons. The summed E-state index contributed by atoms with van der Waals surface area (Å²) in [7, 11) is -2.99. The van der Waals surface area contributed by atoms with Crippen LogP contribution in [0.3, 0.4) is 0 Å². The number of rotatable bonds is 2. The Morgan fingerprint density at radius 3 is 2.53 bits per heavy atom. The fourth-order valence-corrected chi connectivity index (χ4v) is 4.13. The second-order valence-electron chi connectivity index (χ2n) is 4.79. The fourth-order valence-electron chi connectivity index (χ4n) is 2.20. The Labute approximate surface area is 121 Å². The number of carbonyl (C=O) groups excluding carboxylic acids is 1. The van der Waals surface area contributed by atoms with Gasteiger partial charge in [-0.15, -0.1) is 0 Å². The predicted octanol–water partition coefficient (Wildman–Crippen LogP) is 1.84. The summed E-state index contributed by atoms with van der Waals surface area (Å²) < 4.78 is 23.0. The van der Waals surface area contributed by atoms with E-state index in [1.807, 2.05) is 12.1 Å². The first-order chi connectivity index (χ1) is 8.93. The summed E-state index contributed by atoms with van der Waals surface area (Å²) in [4.78, 5) is 14.0. The third-order valence-corrected chi connectivity index (χ3v) is 5.73. The first-order valence-corrected chi connectivity index (χ1v) is 9.03. The zero-order valence-electron chi connectivity index (χ0n) is 10.7. The van der Waals surface area contributed by atoms with Crippen LogP contribution in [-0.4, -0.2) is 43.3 Å². The zero-order chi connectivity index (χ0) is 14.0. The van der Waals surface area contributed by atoms with E-state index in [2.05, 4.69) is 15.9 Å². The lowest BCUT2D eigenvalue weighted by Gasteiger charge is -2.33. The number of hydrogen-bond acceptors (Lipinski definition) is 3. The van der Waals surface area contributed by atoms with Gasteiger partial charge in [0.15, 0.2) is 9.84 Å². The van der Waals surface area contributed by atoms with Gasteiger partial charge in [-0.3, -0.25) is 4.79 Å². The van der Waals surface area contributed by atoms with Crippen molar-refractivity contribution in [1.82, 2.24) is 4.90 Å². The summed E-state index contributed by atoms with van der Waals surface area (Å²) >= 11 is 3.36. The van der Waals surface area contributed by atoms with Crippen molar-refractivity contribution in [2.75, 3.05) is 18.1 Å². The largest absolute Gasteiger partial charge is 0.334 e. The zero-order valence-corrected chi connectivity index (χ0v) is 13.1. The van der Waals surface area contributed by atoms with Gasteiger partial charge in [0.25, 0.3) is 5.91 Å². The van der Waals surface area contributed by atoms with E-state index in [4.69, 9.17) is 0 Å². The minimum atomic E-state index is -2.99. The standard InChI is InChI=1S/C13H16BrNO3S/c1-10-9-19(17,18)7-6-15(10)13(16)12-4-2-11(8-14)3-5-12/h2-5,10H,6-9H2,1H3. The maximum atomic E-state index is 12.3. The summed E-state index contributed by atoms with van der Waals surface area (Å²) in [5.74, 6) is 0.0179. The summed E-state index contributed by atoms with van der Waals surface area (Å²) in [5.41, 5.74) is 1.71. The van der Waals surface area contributed by atoms with Crippen molar-refractivity contribution < 1.29 is 13.2 Å². The van der Waals surface area contributed by atoms with Crippen LogP contribution >= 0.6 is 15.9 Å². The minimum absolute atomic E-state index is 0.0538. The molecule has 19 heavy (non-hydrogen) atoms. The summed E-state index contributed by atoms with van der Waals surface area (Å²) in [6.07, 6.45) is 0. The lowest BCUT2D eigenvalue weighted by Crippen LogP contribution is -2.49. The molecule has 1 heterocycles. The molecule has 1 aromatic rings. The van der Waals surface area contributed by atoms with E-state index in [0.717, 1.165) is 10.9 Å². The Balaban J connectivity index is 2.15. The van der Waals surface area contributed by atoms with Gasteiger partial charge in [0.05, 0.1) is 11.5 Å². The number of sulfone groups is 1. The molecule has 0 saturated carbocycles. The summed E-state index contributed by atoms with van der Waals surface area (Å²) in [6.45, 7) is 2.06. The van der Waals surface area contributed by atoms with Gasteiger partial charge < -0.3 is 4.90 Å². The third-order valence-electron chi connectivity index (χ3n) is 3.29. The molecule has 1 fully saturated rings. The number of hydrogen-bond donors (Lipinski definition) is 0. The van der Waals surface area contributed by atoms with Gasteiger partial charge in [-0.05, 0) is 24.6 Å². The van der Waals surface area contributed by atoms with Gasteiger partial charge in [0.2, 0.25) is 0 Å². The molecule has 4 nitrogen and oxygen atoms in total. The predicted molar refractivity (Wildman–Crippen MR) is 78.2 cm³/mol. The van der Waals surface area contributed by atoms with Crippen LogP contribution in [0.2, 0.25) is 0 Å². The first kappa shape index (κ1) is 14.5. The van der Waals surface area contributed by atoms with Crippen LogP contribution in [0.4, 0.5) is 0 Å². The molecule has 0 bridgehead atoms. The molecule has 1 aliphatic heterocycles. The van der Waals surface area contributed by atoms with Gasteiger partial charge in [0, 0.05) is 23.5 Å². The van der Waals surface area contributed by atoms with E-state index >= 15 is 0 Å². The van der Waals surface area contributed by atoms with E-state index in [1.54, 1.807) is 24.0 Å². The summed E-state index contributed by atoms with van der Waals surface area (Å²) in [5, 5.41) is 0.750. The average Bonchev–Trinajstić information content (AvgIpc) is 2.37. The van der Waals surface area contributed by atoms with Crippen molar-refractivity contribution in [3.63, 3.8) is 0 Å². The van der Waals surface area contributed by atoms with Crippen LogP contribution < -0.4 is 0 Å². The Morgan fingerprint density at radius 1 is 1.37 bits per heavy atom. The molecular formula is C13H16BrNO3S. The van der Waals surface area contributed by atoms with Crippen molar-refractivity contribution in [3.8, 4) is 0 Å². The van der Waals surface area contributed by atoms with Crippen LogP contribution in [-0.2, 0) is 15.2 Å². The van der Waals surface area contributed by atoms with Crippen molar-refractivity contribution in [2.45, 2.75) is 18.3 Å². The molecule has 2 rings (SSSR count). The topological polar surface area (TPSA) is 54.5 Å².